The maximum absolute atomic E-state index is 13.5. The fraction of sp³-hybridized carbons (Fsp3) is 0.440. The summed E-state index contributed by atoms with van der Waals surface area (Å²) in [4.78, 5) is 43.0. The van der Waals surface area contributed by atoms with Gasteiger partial charge >= 0.3 is 0 Å². The highest BCUT2D eigenvalue weighted by atomic mass is 35.5. The number of amides is 2. The third-order valence-electron chi connectivity index (χ3n) is 6.58. The molecule has 0 saturated carbocycles. The highest BCUT2D eigenvalue weighted by molar-refractivity contribution is 6.32. The second-order valence-corrected chi connectivity index (χ2v) is 9.39. The second kappa shape index (κ2) is 11.6. The molecule has 10 heteroatoms. The van der Waals surface area contributed by atoms with E-state index in [4.69, 9.17) is 11.6 Å². The number of benzene rings is 2. The molecule has 9 nitrogen and oxygen atoms in total. The van der Waals surface area contributed by atoms with Crippen LogP contribution in [0.15, 0.2) is 48.5 Å². The van der Waals surface area contributed by atoms with Crippen molar-refractivity contribution in [3.63, 3.8) is 0 Å². The summed E-state index contributed by atoms with van der Waals surface area (Å²) in [5.41, 5.74) is 0.906. The lowest BCUT2D eigenvalue weighted by Crippen LogP contribution is -2.42. The van der Waals surface area contributed by atoms with E-state index >= 15 is 0 Å². The monoisotopic (exact) mass is 499 g/mol. The van der Waals surface area contributed by atoms with E-state index in [0.717, 1.165) is 44.5 Å². The van der Waals surface area contributed by atoms with Crippen LogP contribution in [0.2, 0.25) is 5.02 Å². The van der Waals surface area contributed by atoms with Crippen LogP contribution in [0, 0.1) is 10.1 Å². The number of hydrogen-bond donors (Lipinski definition) is 1. The summed E-state index contributed by atoms with van der Waals surface area (Å²) in [7, 11) is 0. The summed E-state index contributed by atoms with van der Waals surface area (Å²) < 4.78 is 0. The summed E-state index contributed by atoms with van der Waals surface area (Å²) in [5.74, 6) is -0.0907. The van der Waals surface area contributed by atoms with Gasteiger partial charge in [-0.1, -0.05) is 41.9 Å². The predicted octanol–water partition coefficient (Wildman–Crippen LogP) is 3.56. The van der Waals surface area contributed by atoms with Crippen LogP contribution in [0.5, 0.6) is 0 Å². The molecule has 2 fully saturated rings. The van der Waals surface area contributed by atoms with E-state index in [2.05, 4.69) is 15.1 Å². The summed E-state index contributed by atoms with van der Waals surface area (Å²) in [5, 5.41) is 14.1. The number of halogens is 1. The molecular formula is C25H30ClN5O4. The zero-order valence-electron chi connectivity index (χ0n) is 19.6. The zero-order chi connectivity index (χ0) is 24.8. The average molecular weight is 500 g/mol. The molecule has 186 valence electrons. The van der Waals surface area contributed by atoms with Gasteiger partial charge in [-0.05, 0) is 43.5 Å². The largest absolute Gasteiger partial charge is 0.342 e. The molecule has 2 aliphatic heterocycles. The van der Waals surface area contributed by atoms with Gasteiger partial charge in [0.1, 0.15) is 11.1 Å². The molecule has 4 rings (SSSR count). The molecule has 2 heterocycles. The Morgan fingerprint density at radius 3 is 2.43 bits per heavy atom. The lowest BCUT2D eigenvalue weighted by Gasteiger charge is -2.30. The van der Waals surface area contributed by atoms with Gasteiger partial charge in [-0.25, -0.2) is 0 Å². The predicted molar refractivity (Wildman–Crippen MR) is 134 cm³/mol. The van der Waals surface area contributed by atoms with Gasteiger partial charge in [-0.2, -0.15) is 0 Å². The van der Waals surface area contributed by atoms with Crippen LogP contribution in [-0.4, -0.2) is 77.3 Å². The lowest BCUT2D eigenvalue weighted by atomic mass is 10.0. The normalized spacial score (nSPS) is 18.1. The van der Waals surface area contributed by atoms with Gasteiger partial charge in [0.15, 0.2) is 0 Å². The number of anilines is 1. The van der Waals surface area contributed by atoms with E-state index in [1.807, 2.05) is 35.2 Å². The Balaban J connectivity index is 1.48. The first-order valence-corrected chi connectivity index (χ1v) is 12.3. The van der Waals surface area contributed by atoms with Gasteiger partial charge < -0.3 is 10.2 Å². The molecule has 0 aromatic heterocycles. The Bertz CT molecular complexity index is 1060. The number of nitrogens with zero attached hydrogens (tertiary/aromatic N) is 4. The molecule has 0 spiro atoms. The van der Waals surface area contributed by atoms with Crippen molar-refractivity contribution in [2.24, 2.45) is 0 Å². The van der Waals surface area contributed by atoms with Crippen molar-refractivity contribution in [1.82, 2.24) is 14.7 Å². The fourth-order valence-electron chi connectivity index (χ4n) is 4.77. The van der Waals surface area contributed by atoms with E-state index < -0.39 is 11.0 Å². The van der Waals surface area contributed by atoms with Crippen molar-refractivity contribution in [3.05, 3.63) is 69.2 Å². The van der Waals surface area contributed by atoms with E-state index in [1.54, 1.807) is 6.07 Å². The first-order chi connectivity index (χ1) is 16.9. The Morgan fingerprint density at radius 1 is 0.971 bits per heavy atom. The van der Waals surface area contributed by atoms with Gasteiger partial charge in [-0.3, -0.25) is 29.5 Å². The van der Waals surface area contributed by atoms with Crippen LogP contribution in [0.1, 0.15) is 30.9 Å². The van der Waals surface area contributed by atoms with Gasteiger partial charge in [0.25, 0.3) is 5.69 Å². The first-order valence-electron chi connectivity index (χ1n) is 12.0. The lowest BCUT2D eigenvalue weighted by molar-refractivity contribution is -0.384. The van der Waals surface area contributed by atoms with Crippen molar-refractivity contribution in [2.75, 3.05) is 51.1 Å². The number of nitro groups is 1. The van der Waals surface area contributed by atoms with Gasteiger partial charge in [-0.15, -0.1) is 0 Å². The smallest absolute Gasteiger partial charge is 0.289 e. The van der Waals surface area contributed by atoms with E-state index in [1.165, 1.54) is 12.1 Å². The van der Waals surface area contributed by atoms with Crippen LogP contribution in [0.4, 0.5) is 11.4 Å². The molecule has 0 unspecified atom stereocenters. The number of carbonyl (C=O) groups is 2. The molecule has 35 heavy (non-hydrogen) atoms. The zero-order valence-corrected chi connectivity index (χ0v) is 20.3. The number of rotatable bonds is 7. The van der Waals surface area contributed by atoms with Crippen molar-refractivity contribution in [3.8, 4) is 0 Å². The molecule has 2 aromatic carbocycles. The molecule has 2 amide bonds. The highest BCUT2D eigenvalue weighted by Crippen LogP contribution is 2.29. The molecule has 2 aliphatic rings. The van der Waals surface area contributed by atoms with Crippen molar-refractivity contribution in [2.45, 2.75) is 25.3 Å². The third-order valence-corrected chi connectivity index (χ3v) is 6.90. The van der Waals surface area contributed by atoms with Crippen LogP contribution in [-0.2, 0) is 9.59 Å². The van der Waals surface area contributed by atoms with Crippen molar-refractivity contribution >= 4 is 34.8 Å². The van der Waals surface area contributed by atoms with E-state index in [9.17, 15) is 19.7 Å². The van der Waals surface area contributed by atoms with Crippen LogP contribution >= 0.6 is 11.6 Å². The molecular weight excluding hydrogens is 470 g/mol. The van der Waals surface area contributed by atoms with Crippen LogP contribution < -0.4 is 5.32 Å². The van der Waals surface area contributed by atoms with Crippen molar-refractivity contribution in [1.29, 1.82) is 0 Å². The van der Waals surface area contributed by atoms with E-state index in [0.29, 0.717) is 31.9 Å². The number of hydrogen-bond acceptors (Lipinski definition) is 6. The standard InChI is InChI=1S/C25H30ClN5O4/c26-21-10-9-20(17-22(21)31(34)35)27-25(33)24(19-7-2-1-3-8-19)30-14-6-11-28(15-16-30)18-23(32)29-12-4-5-13-29/h1-3,7-10,17,24H,4-6,11-16,18H2,(H,27,33)/t24-/m1/s1. The minimum Gasteiger partial charge on any atom is -0.342 e. The van der Waals surface area contributed by atoms with Crippen LogP contribution in [0.3, 0.4) is 0 Å². The second-order valence-electron chi connectivity index (χ2n) is 8.98. The number of carbonyl (C=O) groups excluding carboxylic acids is 2. The third kappa shape index (κ3) is 6.36. The first kappa shape index (κ1) is 25.1. The quantitative estimate of drug-likeness (QED) is 0.462. The Kier molecular flexibility index (Phi) is 8.33. The highest BCUT2D eigenvalue weighted by Gasteiger charge is 2.30. The maximum Gasteiger partial charge on any atom is 0.289 e. The summed E-state index contributed by atoms with van der Waals surface area (Å²) in [6.45, 7) is 4.90. The van der Waals surface area contributed by atoms with Gasteiger partial charge in [0, 0.05) is 44.5 Å². The fourth-order valence-corrected chi connectivity index (χ4v) is 4.96. The molecule has 1 N–H and O–H groups in total. The maximum atomic E-state index is 13.5. The van der Waals surface area contributed by atoms with Gasteiger partial charge in [0.05, 0.1) is 11.5 Å². The molecule has 0 aliphatic carbocycles. The van der Waals surface area contributed by atoms with Gasteiger partial charge in [0.2, 0.25) is 11.8 Å². The Labute approximate surface area is 209 Å². The molecule has 0 bridgehead atoms. The topological polar surface area (TPSA) is 99.0 Å². The molecule has 0 radical (unpaired) electrons. The van der Waals surface area contributed by atoms with E-state index in [-0.39, 0.29) is 22.5 Å². The Hall–Kier alpha value is -3.01. The number of nitrogens with one attached hydrogen (secondary N) is 1. The minimum absolute atomic E-state index is 0.0173. The molecule has 2 aromatic rings. The average Bonchev–Trinajstić information content (AvgIpc) is 3.30. The minimum atomic E-state index is -0.570. The summed E-state index contributed by atoms with van der Waals surface area (Å²) in [6.07, 6.45) is 2.98. The summed E-state index contributed by atoms with van der Waals surface area (Å²) in [6, 6.07) is 13.2. The Morgan fingerprint density at radius 2 is 1.71 bits per heavy atom. The van der Waals surface area contributed by atoms with Crippen LogP contribution in [0.25, 0.3) is 0 Å². The van der Waals surface area contributed by atoms with Crippen molar-refractivity contribution < 1.29 is 14.5 Å². The number of likely N-dealkylation sites (tertiary alicyclic amines) is 1. The molecule has 2 saturated heterocycles. The SMILES string of the molecule is O=C(Nc1ccc(Cl)c([N+](=O)[O-])c1)[C@@H](c1ccccc1)N1CCCN(CC(=O)N2CCCC2)CC1. The summed E-state index contributed by atoms with van der Waals surface area (Å²) >= 11 is 5.92. The number of nitro benzene ring substituents is 1. The molecule has 1 atom stereocenters.